The van der Waals surface area contributed by atoms with Crippen LogP contribution in [0.1, 0.15) is 22.6 Å². The number of hydrogen-bond acceptors (Lipinski definition) is 4. The average molecular weight is 439 g/mol. The number of aryl methyl sites for hydroxylation is 1. The molecular weight excluding hydrogens is 418 g/mol. The van der Waals surface area contributed by atoms with Crippen LogP contribution in [-0.4, -0.2) is 39.6 Å². The minimum absolute atomic E-state index is 0.199. The van der Waals surface area contributed by atoms with Gasteiger partial charge in [-0.25, -0.2) is 13.8 Å². The highest BCUT2D eigenvalue weighted by atomic mass is 32.1. The molecule has 0 aliphatic rings. The number of nitrogens with zero attached hydrogens (tertiary/aromatic N) is 3. The van der Waals surface area contributed by atoms with Crippen LogP contribution in [0.15, 0.2) is 60.0 Å². The molecule has 8 heteroatoms. The number of carbonyl (C=O) groups excluding carboxylic acids is 1. The molecule has 4 aromatic rings. The molecule has 1 amide bonds. The zero-order valence-corrected chi connectivity index (χ0v) is 17.6. The number of rotatable bonds is 7. The van der Waals surface area contributed by atoms with Crippen molar-refractivity contribution >= 4 is 17.2 Å². The Kier molecular flexibility index (Phi) is 6.18. The number of benzene rings is 2. The summed E-state index contributed by atoms with van der Waals surface area (Å²) in [5, 5.41) is 9.40. The lowest BCUT2D eigenvalue weighted by Crippen LogP contribution is -2.28. The molecule has 0 aliphatic carbocycles. The van der Waals surface area contributed by atoms with E-state index < -0.39 is 0 Å². The van der Waals surface area contributed by atoms with Crippen molar-refractivity contribution in [2.45, 2.75) is 12.8 Å². The van der Waals surface area contributed by atoms with Crippen molar-refractivity contribution in [3.63, 3.8) is 0 Å². The van der Waals surface area contributed by atoms with E-state index in [4.69, 9.17) is 0 Å². The predicted molar refractivity (Wildman–Crippen MR) is 117 cm³/mol. The van der Waals surface area contributed by atoms with E-state index in [-0.39, 0.29) is 17.5 Å². The molecule has 31 heavy (non-hydrogen) atoms. The minimum atomic E-state index is -0.358. The van der Waals surface area contributed by atoms with Crippen LogP contribution in [0.25, 0.3) is 21.8 Å². The third kappa shape index (κ3) is 4.86. The van der Waals surface area contributed by atoms with E-state index in [1.165, 1.54) is 29.5 Å². The van der Waals surface area contributed by atoms with Gasteiger partial charge in [0.05, 0.1) is 5.69 Å². The molecule has 0 saturated carbocycles. The number of thiazole rings is 1. The maximum absolute atomic E-state index is 13.9. The Morgan fingerprint density at radius 3 is 2.68 bits per heavy atom. The van der Waals surface area contributed by atoms with Gasteiger partial charge >= 0.3 is 0 Å². The summed E-state index contributed by atoms with van der Waals surface area (Å²) >= 11 is 1.25. The van der Waals surface area contributed by atoms with E-state index in [1.54, 1.807) is 47.7 Å². The molecule has 0 saturated heterocycles. The molecule has 2 heterocycles. The normalized spacial score (nSPS) is 10.9. The Morgan fingerprint density at radius 1 is 1.13 bits per heavy atom. The second-order valence-corrected chi connectivity index (χ2v) is 7.99. The van der Waals surface area contributed by atoms with Crippen LogP contribution in [0.4, 0.5) is 8.78 Å². The fourth-order valence-corrected chi connectivity index (χ4v) is 4.01. The summed E-state index contributed by atoms with van der Waals surface area (Å²) in [6.07, 6.45) is 1.45. The highest BCUT2D eigenvalue weighted by Crippen LogP contribution is 2.26. The van der Waals surface area contributed by atoms with Gasteiger partial charge in [0.25, 0.3) is 5.91 Å². The van der Waals surface area contributed by atoms with Gasteiger partial charge in [-0.15, -0.1) is 11.3 Å². The lowest BCUT2D eigenvalue weighted by atomic mass is 10.1. The topological polar surface area (TPSA) is 61.9 Å². The van der Waals surface area contributed by atoms with Gasteiger partial charge in [0.15, 0.2) is 0 Å². The van der Waals surface area contributed by atoms with Gasteiger partial charge in [-0.3, -0.25) is 9.89 Å². The van der Waals surface area contributed by atoms with E-state index in [1.807, 2.05) is 6.07 Å². The van der Waals surface area contributed by atoms with Crippen molar-refractivity contribution in [2.24, 2.45) is 0 Å². The number of hydrogen-bond donors (Lipinski definition) is 1. The summed E-state index contributed by atoms with van der Waals surface area (Å²) in [6, 6.07) is 14.5. The molecule has 2 aromatic heterocycles. The molecule has 0 spiro atoms. The van der Waals surface area contributed by atoms with Crippen LogP contribution in [0.3, 0.4) is 0 Å². The van der Waals surface area contributed by atoms with Crippen LogP contribution < -0.4 is 0 Å². The monoisotopic (exact) mass is 438 g/mol. The third-order valence-electron chi connectivity index (χ3n) is 4.88. The summed E-state index contributed by atoms with van der Waals surface area (Å²) in [5.74, 6) is -0.840. The molecule has 0 bridgehead atoms. The van der Waals surface area contributed by atoms with E-state index in [9.17, 15) is 13.6 Å². The van der Waals surface area contributed by atoms with Crippen molar-refractivity contribution in [3.8, 4) is 21.8 Å². The average Bonchev–Trinajstić information content (AvgIpc) is 3.44. The number of aromatic amines is 1. The molecule has 0 radical (unpaired) electrons. The van der Waals surface area contributed by atoms with Crippen LogP contribution in [0, 0.1) is 11.6 Å². The van der Waals surface area contributed by atoms with E-state index >= 15 is 0 Å². The smallest absolute Gasteiger partial charge is 0.273 e. The summed E-state index contributed by atoms with van der Waals surface area (Å²) in [5.41, 5.74) is 3.24. The van der Waals surface area contributed by atoms with Gasteiger partial charge in [-0.1, -0.05) is 12.1 Å². The number of amides is 1. The van der Waals surface area contributed by atoms with Crippen molar-refractivity contribution in [3.05, 3.63) is 83.0 Å². The molecule has 0 atom stereocenters. The number of H-pyrrole nitrogens is 1. The first-order valence-corrected chi connectivity index (χ1v) is 10.7. The molecule has 5 nitrogen and oxygen atoms in total. The third-order valence-corrected chi connectivity index (χ3v) is 5.76. The standard InChI is InChI=1S/C23H20F2N4OS/c1-29(23(30)21-14-31-22(26-21)18-6-2-3-7-19(18)25)12-4-5-17-13-20(28-27-17)15-8-10-16(24)11-9-15/h2-3,6-11,13-14H,4-5,12H2,1H3,(H,27,28). The Hall–Kier alpha value is -3.39. The predicted octanol–water partition coefficient (Wildman–Crippen LogP) is 5.18. The van der Waals surface area contributed by atoms with Gasteiger partial charge in [0.2, 0.25) is 0 Å². The fraction of sp³-hybridized carbons (Fsp3) is 0.174. The molecule has 158 valence electrons. The number of nitrogens with one attached hydrogen (secondary N) is 1. The Morgan fingerprint density at radius 2 is 1.90 bits per heavy atom. The first-order valence-electron chi connectivity index (χ1n) is 9.77. The van der Waals surface area contributed by atoms with Crippen molar-refractivity contribution in [1.82, 2.24) is 20.1 Å². The highest BCUT2D eigenvalue weighted by molar-refractivity contribution is 7.13. The summed E-state index contributed by atoms with van der Waals surface area (Å²) < 4.78 is 27.0. The van der Waals surface area contributed by atoms with Crippen molar-refractivity contribution in [2.75, 3.05) is 13.6 Å². The zero-order valence-electron chi connectivity index (χ0n) is 16.8. The first-order chi connectivity index (χ1) is 15.0. The van der Waals surface area contributed by atoms with E-state index in [0.717, 1.165) is 23.4 Å². The quantitative estimate of drug-likeness (QED) is 0.432. The van der Waals surface area contributed by atoms with Gasteiger partial charge in [-0.2, -0.15) is 5.10 Å². The fourth-order valence-electron chi connectivity index (χ4n) is 3.19. The van der Waals surface area contributed by atoms with E-state index in [0.29, 0.717) is 29.2 Å². The number of carbonyl (C=O) groups is 1. The van der Waals surface area contributed by atoms with Crippen molar-refractivity contribution in [1.29, 1.82) is 0 Å². The molecule has 1 N–H and O–H groups in total. The molecule has 0 aliphatic heterocycles. The molecule has 4 rings (SSSR count). The largest absolute Gasteiger partial charge is 0.340 e. The Balaban J connectivity index is 1.32. The first kappa shape index (κ1) is 20.9. The zero-order chi connectivity index (χ0) is 21.8. The lowest BCUT2D eigenvalue weighted by molar-refractivity contribution is 0.0788. The maximum Gasteiger partial charge on any atom is 0.273 e. The number of aromatic nitrogens is 3. The Labute approximate surface area is 182 Å². The second-order valence-electron chi connectivity index (χ2n) is 7.13. The molecule has 0 unspecified atom stereocenters. The molecule has 2 aromatic carbocycles. The van der Waals surface area contributed by atoms with Gasteiger partial charge < -0.3 is 4.90 Å². The summed E-state index contributed by atoms with van der Waals surface area (Å²) in [4.78, 5) is 18.6. The maximum atomic E-state index is 13.9. The summed E-state index contributed by atoms with van der Waals surface area (Å²) in [7, 11) is 1.72. The van der Waals surface area contributed by atoms with Crippen molar-refractivity contribution < 1.29 is 13.6 Å². The second kappa shape index (κ2) is 9.18. The van der Waals surface area contributed by atoms with Crippen LogP contribution in [0.2, 0.25) is 0 Å². The Bertz CT molecular complexity index is 1190. The van der Waals surface area contributed by atoms with Crippen LogP contribution in [-0.2, 0) is 6.42 Å². The van der Waals surface area contributed by atoms with Gasteiger partial charge in [0, 0.05) is 35.8 Å². The van der Waals surface area contributed by atoms with Crippen LogP contribution in [0.5, 0.6) is 0 Å². The molecule has 0 fully saturated rings. The van der Waals surface area contributed by atoms with Crippen LogP contribution >= 0.6 is 11.3 Å². The lowest BCUT2D eigenvalue weighted by Gasteiger charge is -2.15. The van der Waals surface area contributed by atoms with E-state index in [2.05, 4.69) is 15.2 Å². The highest BCUT2D eigenvalue weighted by Gasteiger charge is 2.17. The number of halogens is 2. The SMILES string of the molecule is CN(CCCc1cc(-c2ccc(F)cc2)n[nH]1)C(=O)c1csc(-c2ccccc2F)n1. The summed E-state index contributed by atoms with van der Waals surface area (Å²) in [6.45, 7) is 0.538. The molecular formula is C23H20F2N4OS. The van der Waals surface area contributed by atoms with Gasteiger partial charge in [-0.05, 0) is 55.3 Å². The minimum Gasteiger partial charge on any atom is -0.340 e. The van der Waals surface area contributed by atoms with Gasteiger partial charge in [0.1, 0.15) is 22.3 Å².